The van der Waals surface area contributed by atoms with Crippen molar-refractivity contribution in [1.82, 2.24) is 20.0 Å². The van der Waals surface area contributed by atoms with Gasteiger partial charge in [-0.05, 0) is 31.2 Å². The van der Waals surface area contributed by atoms with Crippen molar-refractivity contribution in [3.05, 3.63) is 46.7 Å². The van der Waals surface area contributed by atoms with Crippen LogP contribution in [0.25, 0.3) is 5.69 Å². The molecule has 0 bridgehead atoms. The number of nitrogens with zero attached hydrogens (tertiary/aromatic N) is 3. The molecule has 1 aliphatic rings. The molecule has 6 heteroatoms. The zero-order valence-corrected chi connectivity index (χ0v) is 14.4. The molecule has 0 amide bonds. The van der Waals surface area contributed by atoms with E-state index in [1.807, 2.05) is 23.0 Å². The van der Waals surface area contributed by atoms with Gasteiger partial charge < -0.3 is 5.32 Å². The van der Waals surface area contributed by atoms with Crippen molar-refractivity contribution in [2.75, 3.05) is 19.6 Å². The highest BCUT2D eigenvalue weighted by Gasteiger charge is 2.16. The van der Waals surface area contributed by atoms with Crippen LogP contribution in [-0.2, 0) is 6.54 Å². The SMILES string of the molecule is CC1CN(Cc2cnn(-c3ccc(Br)cc3)c2)CCN1.Cl. The third-order valence-corrected chi connectivity index (χ3v) is 4.11. The Morgan fingerprint density at radius 2 is 2.10 bits per heavy atom. The largest absolute Gasteiger partial charge is 0.312 e. The van der Waals surface area contributed by atoms with Gasteiger partial charge in [0.2, 0.25) is 0 Å². The molecule has 1 saturated heterocycles. The van der Waals surface area contributed by atoms with E-state index in [2.05, 4.69) is 56.5 Å². The van der Waals surface area contributed by atoms with Crippen molar-refractivity contribution in [3.63, 3.8) is 0 Å². The number of aromatic nitrogens is 2. The maximum atomic E-state index is 4.46. The number of hydrogen-bond acceptors (Lipinski definition) is 3. The fraction of sp³-hybridized carbons (Fsp3) is 0.400. The van der Waals surface area contributed by atoms with Gasteiger partial charge in [-0.25, -0.2) is 4.68 Å². The summed E-state index contributed by atoms with van der Waals surface area (Å²) in [7, 11) is 0. The third-order valence-electron chi connectivity index (χ3n) is 3.59. The van der Waals surface area contributed by atoms with Crippen LogP contribution in [0.2, 0.25) is 0 Å². The Morgan fingerprint density at radius 3 is 2.81 bits per heavy atom. The Labute approximate surface area is 140 Å². The summed E-state index contributed by atoms with van der Waals surface area (Å²) < 4.78 is 3.02. The predicted molar refractivity (Wildman–Crippen MR) is 91.3 cm³/mol. The number of halogens is 2. The average Bonchev–Trinajstić information content (AvgIpc) is 2.88. The normalized spacial score (nSPS) is 19.2. The molecule has 3 rings (SSSR count). The highest BCUT2D eigenvalue weighted by molar-refractivity contribution is 9.10. The van der Waals surface area contributed by atoms with Crippen LogP contribution in [0.15, 0.2) is 41.1 Å². The molecule has 4 nitrogen and oxygen atoms in total. The summed E-state index contributed by atoms with van der Waals surface area (Å²) in [6, 6.07) is 8.77. The average molecular weight is 372 g/mol. The standard InChI is InChI=1S/C15H19BrN4.ClH/c1-12-9-19(7-6-17-12)10-13-8-18-20(11-13)15-4-2-14(16)3-5-15;/h2-5,8,11-12,17H,6-7,9-10H2,1H3;1H. The van der Waals surface area contributed by atoms with E-state index < -0.39 is 0 Å². The van der Waals surface area contributed by atoms with Gasteiger partial charge >= 0.3 is 0 Å². The Bertz CT molecular complexity index is 569. The first-order chi connectivity index (χ1) is 9.70. The van der Waals surface area contributed by atoms with Gasteiger partial charge in [0.05, 0.1) is 11.9 Å². The molecule has 114 valence electrons. The van der Waals surface area contributed by atoms with Crippen molar-refractivity contribution < 1.29 is 0 Å². The molecule has 1 aliphatic heterocycles. The maximum Gasteiger partial charge on any atom is 0.0646 e. The number of benzene rings is 1. The molecular formula is C15H20BrClN4. The van der Waals surface area contributed by atoms with E-state index in [1.54, 1.807) is 0 Å². The third kappa shape index (κ3) is 4.30. The Kier molecular flexibility index (Phi) is 5.81. The summed E-state index contributed by atoms with van der Waals surface area (Å²) >= 11 is 3.45. The van der Waals surface area contributed by atoms with Crippen LogP contribution in [-0.4, -0.2) is 40.4 Å². The van der Waals surface area contributed by atoms with Gasteiger partial charge in [-0.3, -0.25) is 4.90 Å². The Balaban J connectivity index is 0.00000161. The van der Waals surface area contributed by atoms with Crippen molar-refractivity contribution in [3.8, 4) is 5.69 Å². The van der Waals surface area contributed by atoms with E-state index in [9.17, 15) is 0 Å². The molecule has 1 atom stereocenters. The lowest BCUT2D eigenvalue weighted by molar-refractivity contribution is 0.199. The summed E-state index contributed by atoms with van der Waals surface area (Å²) in [5.74, 6) is 0. The second-order valence-electron chi connectivity index (χ2n) is 5.36. The van der Waals surface area contributed by atoms with Crippen molar-refractivity contribution in [2.45, 2.75) is 19.5 Å². The first-order valence-electron chi connectivity index (χ1n) is 6.96. The molecule has 1 fully saturated rings. The lowest BCUT2D eigenvalue weighted by Gasteiger charge is -2.31. The minimum atomic E-state index is 0. The van der Waals surface area contributed by atoms with Crippen LogP contribution < -0.4 is 5.32 Å². The van der Waals surface area contributed by atoms with E-state index in [-0.39, 0.29) is 12.4 Å². The number of rotatable bonds is 3. The van der Waals surface area contributed by atoms with E-state index in [4.69, 9.17) is 0 Å². The first-order valence-corrected chi connectivity index (χ1v) is 7.75. The molecule has 1 N–H and O–H groups in total. The smallest absolute Gasteiger partial charge is 0.0646 e. The number of hydrogen-bond donors (Lipinski definition) is 1. The van der Waals surface area contributed by atoms with Crippen LogP contribution >= 0.6 is 28.3 Å². The van der Waals surface area contributed by atoms with Crippen molar-refractivity contribution >= 4 is 28.3 Å². The maximum absolute atomic E-state index is 4.46. The van der Waals surface area contributed by atoms with Crippen LogP contribution in [0, 0.1) is 0 Å². The Hall–Kier alpha value is -0.880. The molecule has 21 heavy (non-hydrogen) atoms. The topological polar surface area (TPSA) is 33.1 Å². The molecule has 1 aromatic heterocycles. The molecule has 0 aliphatic carbocycles. The zero-order valence-electron chi connectivity index (χ0n) is 12.0. The summed E-state index contributed by atoms with van der Waals surface area (Å²) in [5, 5.41) is 7.93. The Morgan fingerprint density at radius 1 is 1.33 bits per heavy atom. The summed E-state index contributed by atoms with van der Waals surface area (Å²) in [4.78, 5) is 2.48. The van der Waals surface area contributed by atoms with Crippen LogP contribution in [0.4, 0.5) is 0 Å². The lowest BCUT2D eigenvalue weighted by Crippen LogP contribution is -2.48. The number of piperazine rings is 1. The highest BCUT2D eigenvalue weighted by Crippen LogP contribution is 2.15. The van der Waals surface area contributed by atoms with Gasteiger partial charge in [-0.2, -0.15) is 5.10 Å². The van der Waals surface area contributed by atoms with Gasteiger partial charge in [0.15, 0.2) is 0 Å². The van der Waals surface area contributed by atoms with E-state index in [0.717, 1.165) is 36.3 Å². The summed E-state index contributed by atoms with van der Waals surface area (Å²) in [6.07, 6.45) is 4.09. The van der Waals surface area contributed by atoms with E-state index in [1.165, 1.54) is 5.56 Å². The number of nitrogens with one attached hydrogen (secondary N) is 1. The lowest BCUT2D eigenvalue weighted by atomic mass is 10.2. The van der Waals surface area contributed by atoms with Crippen LogP contribution in [0.5, 0.6) is 0 Å². The molecule has 0 spiro atoms. The van der Waals surface area contributed by atoms with Gasteiger partial charge in [0, 0.05) is 48.5 Å². The van der Waals surface area contributed by atoms with Crippen LogP contribution in [0.1, 0.15) is 12.5 Å². The predicted octanol–water partition coefficient (Wildman–Crippen LogP) is 2.85. The van der Waals surface area contributed by atoms with E-state index >= 15 is 0 Å². The zero-order chi connectivity index (χ0) is 13.9. The van der Waals surface area contributed by atoms with Crippen molar-refractivity contribution in [2.24, 2.45) is 0 Å². The van der Waals surface area contributed by atoms with Gasteiger partial charge in [0.1, 0.15) is 0 Å². The minimum Gasteiger partial charge on any atom is -0.312 e. The van der Waals surface area contributed by atoms with Crippen molar-refractivity contribution in [1.29, 1.82) is 0 Å². The molecule has 0 radical (unpaired) electrons. The first kappa shape index (κ1) is 16.5. The molecule has 2 heterocycles. The molecule has 0 saturated carbocycles. The van der Waals surface area contributed by atoms with Crippen LogP contribution in [0.3, 0.4) is 0 Å². The minimum absolute atomic E-state index is 0. The van der Waals surface area contributed by atoms with Gasteiger partial charge in [-0.1, -0.05) is 15.9 Å². The molecular weight excluding hydrogens is 352 g/mol. The molecule has 1 unspecified atom stereocenters. The monoisotopic (exact) mass is 370 g/mol. The van der Waals surface area contributed by atoms with Gasteiger partial charge in [-0.15, -0.1) is 12.4 Å². The van der Waals surface area contributed by atoms with Gasteiger partial charge in [0.25, 0.3) is 0 Å². The second-order valence-corrected chi connectivity index (χ2v) is 6.28. The molecule has 2 aromatic rings. The molecule has 1 aromatic carbocycles. The fourth-order valence-corrected chi connectivity index (χ4v) is 2.86. The second kappa shape index (κ2) is 7.40. The summed E-state index contributed by atoms with van der Waals surface area (Å²) in [5.41, 5.74) is 2.36. The fourth-order valence-electron chi connectivity index (χ4n) is 2.59. The summed E-state index contributed by atoms with van der Waals surface area (Å²) in [6.45, 7) is 6.49. The van der Waals surface area contributed by atoms with E-state index in [0.29, 0.717) is 6.04 Å². The quantitative estimate of drug-likeness (QED) is 0.900. The highest BCUT2D eigenvalue weighted by atomic mass is 79.9.